The third-order valence-electron chi connectivity index (χ3n) is 3.21. The van der Waals surface area contributed by atoms with Gasteiger partial charge in [-0.3, -0.25) is 0 Å². The van der Waals surface area contributed by atoms with E-state index >= 15 is 0 Å². The highest BCUT2D eigenvalue weighted by molar-refractivity contribution is 5.65. The quantitative estimate of drug-likeness (QED) is 0.716. The van der Waals surface area contributed by atoms with Crippen LogP contribution in [0, 0.1) is 0 Å². The van der Waals surface area contributed by atoms with Gasteiger partial charge in [-0.05, 0) is 29.8 Å². The minimum Gasteiger partial charge on any atom is -0.424 e. The number of hydrogen-bond donors (Lipinski definition) is 1. The van der Waals surface area contributed by atoms with E-state index in [0.717, 1.165) is 6.20 Å². The van der Waals surface area contributed by atoms with Gasteiger partial charge >= 0.3 is 12.2 Å². The molecule has 0 saturated heterocycles. The van der Waals surface area contributed by atoms with Crippen LogP contribution in [0.3, 0.4) is 0 Å². The van der Waals surface area contributed by atoms with Crippen LogP contribution in [0.25, 0.3) is 11.1 Å². The predicted molar refractivity (Wildman–Crippen MR) is 83.4 cm³/mol. The summed E-state index contributed by atoms with van der Waals surface area (Å²) in [5, 5.41) is 0. The van der Waals surface area contributed by atoms with Gasteiger partial charge in [0, 0.05) is 17.4 Å². The maximum absolute atomic E-state index is 13.3. The zero-order chi connectivity index (χ0) is 17.2. The molecule has 0 radical (unpaired) electrons. The Kier molecular flexibility index (Phi) is 4.07. The van der Waals surface area contributed by atoms with Crippen LogP contribution < -0.4 is 10.5 Å². The van der Waals surface area contributed by atoms with Crippen molar-refractivity contribution in [2.45, 2.75) is 6.18 Å². The summed E-state index contributed by atoms with van der Waals surface area (Å²) in [4.78, 5) is 7.43. The Hall–Kier alpha value is -3.09. The first-order valence-electron chi connectivity index (χ1n) is 6.96. The van der Waals surface area contributed by atoms with Crippen molar-refractivity contribution < 1.29 is 17.9 Å². The molecule has 122 valence electrons. The first-order chi connectivity index (χ1) is 11.4. The molecule has 1 heterocycles. The Morgan fingerprint density at radius 3 is 2.21 bits per heavy atom. The minimum absolute atomic E-state index is 0.104. The third kappa shape index (κ3) is 3.45. The summed E-state index contributed by atoms with van der Waals surface area (Å²) in [5.74, 6) is 0.296. The highest BCUT2D eigenvalue weighted by atomic mass is 19.4. The monoisotopic (exact) mass is 331 g/mol. The number of aromatic nitrogens is 2. The molecule has 3 aromatic rings. The molecule has 2 aromatic carbocycles. The van der Waals surface area contributed by atoms with Crippen LogP contribution in [0.4, 0.5) is 18.9 Å². The standard InChI is InChI=1S/C17H12F3N3O/c18-17(19,20)15-14(11-4-2-1-3-5-11)10-22-16(23-15)24-13-8-6-12(21)7-9-13/h1-10H,21H2. The number of benzene rings is 2. The van der Waals surface area contributed by atoms with E-state index in [1.807, 2.05) is 0 Å². The van der Waals surface area contributed by atoms with E-state index in [0.29, 0.717) is 17.0 Å². The van der Waals surface area contributed by atoms with E-state index in [1.54, 1.807) is 42.5 Å². The van der Waals surface area contributed by atoms with E-state index < -0.39 is 11.9 Å². The van der Waals surface area contributed by atoms with Gasteiger partial charge in [-0.1, -0.05) is 30.3 Å². The van der Waals surface area contributed by atoms with Crippen LogP contribution in [-0.4, -0.2) is 9.97 Å². The lowest BCUT2D eigenvalue weighted by molar-refractivity contribution is -0.140. The van der Waals surface area contributed by atoms with Gasteiger partial charge in [-0.25, -0.2) is 4.98 Å². The number of nitrogens with zero attached hydrogens (tertiary/aromatic N) is 2. The Morgan fingerprint density at radius 1 is 0.917 bits per heavy atom. The van der Waals surface area contributed by atoms with Crippen molar-refractivity contribution in [2.75, 3.05) is 5.73 Å². The molecule has 0 amide bonds. The van der Waals surface area contributed by atoms with Gasteiger partial charge in [0.25, 0.3) is 0 Å². The van der Waals surface area contributed by atoms with Gasteiger partial charge in [0.2, 0.25) is 0 Å². The molecule has 0 bridgehead atoms. The summed E-state index contributed by atoms with van der Waals surface area (Å²) in [6.45, 7) is 0. The molecule has 4 nitrogen and oxygen atoms in total. The Morgan fingerprint density at radius 2 is 1.58 bits per heavy atom. The zero-order valence-corrected chi connectivity index (χ0v) is 12.3. The topological polar surface area (TPSA) is 61.0 Å². The van der Waals surface area contributed by atoms with Crippen molar-refractivity contribution in [3.63, 3.8) is 0 Å². The molecule has 24 heavy (non-hydrogen) atoms. The lowest BCUT2D eigenvalue weighted by Gasteiger charge is -2.13. The van der Waals surface area contributed by atoms with Gasteiger partial charge in [0.05, 0.1) is 0 Å². The maximum Gasteiger partial charge on any atom is 0.434 e. The first-order valence-corrected chi connectivity index (χ1v) is 6.96. The largest absolute Gasteiger partial charge is 0.434 e. The van der Waals surface area contributed by atoms with Gasteiger partial charge in [0.15, 0.2) is 5.69 Å². The number of ether oxygens (including phenoxy) is 1. The summed E-state index contributed by atoms with van der Waals surface area (Å²) in [6, 6.07) is 13.9. The Labute approximate surface area is 135 Å². The fourth-order valence-corrected chi connectivity index (χ4v) is 2.10. The lowest BCUT2D eigenvalue weighted by atomic mass is 10.1. The summed E-state index contributed by atoms with van der Waals surface area (Å²) in [7, 11) is 0. The fraction of sp³-hybridized carbons (Fsp3) is 0.0588. The van der Waals surface area contributed by atoms with Crippen molar-refractivity contribution in [1.29, 1.82) is 0 Å². The highest BCUT2D eigenvalue weighted by Gasteiger charge is 2.36. The van der Waals surface area contributed by atoms with Crippen LogP contribution >= 0.6 is 0 Å². The number of halogens is 3. The molecule has 2 N–H and O–H groups in total. The second-order valence-corrected chi connectivity index (χ2v) is 4.95. The number of nitrogens with two attached hydrogens (primary N) is 1. The third-order valence-corrected chi connectivity index (χ3v) is 3.21. The van der Waals surface area contributed by atoms with Crippen LogP contribution in [0.1, 0.15) is 5.69 Å². The molecule has 0 unspecified atom stereocenters. The Balaban J connectivity index is 2.00. The zero-order valence-electron chi connectivity index (χ0n) is 12.3. The molecule has 7 heteroatoms. The molecule has 3 rings (SSSR count). The maximum atomic E-state index is 13.3. The van der Waals surface area contributed by atoms with E-state index in [-0.39, 0.29) is 11.6 Å². The second kappa shape index (κ2) is 6.19. The number of hydrogen-bond acceptors (Lipinski definition) is 4. The number of anilines is 1. The average Bonchev–Trinajstić information content (AvgIpc) is 2.57. The summed E-state index contributed by atoms with van der Waals surface area (Å²) < 4.78 is 45.3. The number of alkyl halides is 3. The van der Waals surface area contributed by atoms with Crippen LogP contribution in [0.5, 0.6) is 11.8 Å². The molecular formula is C17H12F3N3O. The van der Waals surface area contributed by atoms with E-state index in [1.165, 1.54) is 12.1 Å². The normalized spacial score (nSPS) is 11.3. The summed E-state index contributed by atoms with van der Waals surface area (Å²) in [6.07, 6.45) is -3.52. The van der Waals surface area contributed by atoms with Crippen LogP contribution in [0.2, 0.25) is 0 Å². The van der Waals surface area contributed by atoms with Gasteiger partial charge < -0.3 is 10.5 Å². The van der Waals surface area contributed by atoms with Crippen molar-refractivity contribution in [3.05, 3.63) is 66.5 Å². The predicted octanol–water partition coefficient (Wildman–Crippen LogP) is 4.54. The fourth-order valence-electron chi connectivity index (χ4n) is 2.10. The first kappa shape index (κ1) is 15.8. The molecule has 0 aliphatic rings. The summed E-state index contributed by atoms with van der Waals surface area (Å²) in [5.41, 5.74) is 5.29. The molecule has 0 fully saturated rings. The van der Waals surface area contributed by atoms with Gasteiger partial charge in [-0.2, -0.15) is 18.2 Å². The molecule has 0 spiro atoms. The minimum atomic E-state index is -4.63. The molecular weight excluding hydrogens is 319 g/mol. The van der Waals surface area contributed by atoms with Gasteiger partial charge in [0.1, 0.15) is 5.75 Å². The average molecular weight is 331 g/mol. The molecule has 0 atom stereocenters. The highest BCUT2D eigenvalue weighted by Crippen LogP contribution is 2.36. The molecule has 0 saturated carbocycles. The lowest BCUT2D eigenvalue weighted by Crippen LogP contribution is -2.11. The number of rotatable bonds is 3. The molecule has 0 aliphatic heterocycles. The second-order valence-electron chi connectivity index (χ2n) is 4.95. The van der Waals surface area contributed by atoms with Crippen molar-refractivity contribution in [3.8, 4) is 22.9 Å². The molecule has 1 aromatic heterocycles. The smallest absolute Gasteiger partial charge is 0.424 e. The summed E-state index contributed by atoms with van der Waals surface area (Å²) >= 11 is 0. The van der Waals surface area contributed by atoms with E-state index in [4.69, 9.17) is 10.5 Å². The van der Waals surface area contributed by atoms with Crippen molar-refractivity contribution >= 4 is 5.69 Å². The van der Waals surface area contributed by atoms with Crippen LogP contribution in [-0.2, 0) is 6.18 Å². The molecule has 0 aliphatic carbocycles. The van der Waals surface area contributed by atoms with Crippen molar-refractivity contribution in [1.82, 2.24) is 9.97 Å². The van der Waals surface area contributed by atoms with Gasteiger partial charge in [-0.15, -0.1) is 0 Å². The number of nitrogen functional groups attached to an aromatic ring is 1. The van der Waals surface area contributed by atoms with Crippen molar-refractivity contribution in [2.24, 2.45) is 0 Å². The van der Waals surface area contributed by atoms with Crippen LogP contribution in [0.15, 0.2) is 60.8 Å². The van der Waals surface area contributed by atoms with E-state index in [2.05, 4.69) is 9.97 Å². The Bertz CT molecular complexity index is 834. The van der Waals surface area contributed by atoms with E-state index in [9.17, 15) is 13.2 Å². The SMILES string of the molecule is Nc1ccc(Oc2ncc(-c3ccccc3)c(C(F)(F)F)n2)cc1.